The Morgan fingerprint density at radius 1 is 1.41 bits per heavy atom. The fourth-order valence-electron chi connectivity index (χ4n) is 2.27. The van der Waals surface area contributed by atoms with E-state index in [2.05, 4.69) is 9.97 Å². The number of carbonyl (C=O) groups excluding carboxylic acids is 1. The van der Waals surface area contributed by atoms with Gasteiger partial charge in [0.25, 0.3) is 5.56 Å². The Bertz CT molecular complexity index is 838. The molecule has 0 bridgehead atoms. The molecule has 2 rings (SSSR count). The monoisotopic (exact) mass is 396 g/mol. The van der Waals surface area contributed by atoms with Crippen LogP contribution in [0.15, 0.2) is 22.2 Å². The van der Waals surface area contributed by atoms with Gasteiger partial charge in [-0.2, -0.15) is 4.98 Å². The molecule has 0 spiro atoms. The molecule has 0 aliphatic heterocycles. The number of thioether (sulfide) groups is 1. The number of ether oxygens (including phenoxy) is 2. The van der Waals surface area contributed by atoms with Crippen LogP contribution in [0.4, 0.5) is 4.79 Å². The minimum absolute atomic E-state index is 0.0622. The number of nitrogens with one attached hydrogen (secondary N) is 1. The molecule has 27 heavy (non-hydrogen) atoms. The summed E-state index contributed by atoms with van der Waals surface area (Å²) in [4.78, 5) is 32.9. The van der Waals surface area contributed by atoms with Gasteiger partial charge in [0.2, 0.25) is 0 Å². The van der Waals surface area contributed by atoms with Crippen molar-refractivity contribution >= 4 is 28.9 Å². The second kappa shape index (κ2) is 8.79. The largest absolute Gasteiger partial charge is 0.438 e. The summed E-state index contributed by atoms with van der Waals surface area (Å²) in [6.45, 7) is 10.7. The smallest absolute Gasteiger partial charge is 0.410 e. The molecule has 0 atom stereocenters. The number of H-pyrrole nitrogens is 1. The lowest BCUT2D eigenvalue weighted by Crippen LogP contribution is -2.42. The lowest BCUT2D eigenvalue weighted by atomic mass is 10.1. The Morgan fingerprint density at radius 2 is 2.11 bits per heavy atom. The van der Waals surface area contributed by atoms with Crippen LogP contribution in [-0.2, 0) is 16.0 Å². The normalized spacial score (nSPS) is 12.0. The second-order valence-electron chi connectivity index (χ2n) is 7.41. The topological polar surface area (TPSA) is 89.4 Å². The summed E-state index contributed by atoms with van der Waals surface area (Å²) in [5, 5.41) is 0.491. The van der Waals surface area contributed by atoms with Crippen molar-refractivity contribution in [2.24, 2.45) is 0 Å². The summed E-state index contributed by atoms with van der Waals surface area (Å²) >= 11 is 1.21. The Kier molecular flexibility index (Phi) is 6.94. The summed E-state index contributed by atoms with van der Waals surface area (Å²) in [6.07, 6.45) is 1.40. The van der Waals surface area contributed by atoms with E-state index in [-0.39, 0.29) is 23.1 Å². The molecule has 0 saturated carbocycles. The van der Waals surface area contributed by atoms with Gasteiger partial charge in [-0.05, 0) is 52.4 Å². The first-order chi connectivity index (χ1) is 12.6. The molecule has 0 fully saturated rings. The zero-order chi connectivity index (χ0) is 20.2. The molecule has 2 aromatic rings. The van der Waals surface area contributed by atoms with Crippen molar-refractivity contribution in [3.8, 4) is 0 Å². The van der Waals surface area contributed by atoms with Crippen LogP contribution >= 0.6 is 11.8 Å². The van der Waals surface area contributed by atoms with Crippen molar-refractivity contribution in [3.05, 3.63) is 22.6 Å². The first-order valence-corrected chi connectivity index (χ1v) is 9.82. The molecular formula is C18H28N4O4S. The van der Waals surface area contributed by atoms with E-state index in [1.165, 1.54) is 16.7 Å². The second-order valence-corrected chi connectivity index (χ2v) is 8.30. The number of nitrogens with zero attached hydrogens (tertiary/aromatic N) is 3. The maximum atomic E-state index is 12.2. The zero-order valence-corrected chi connectivity index (χ0v) is 17.6. The average molecular weight is 397 g/mol. The maximum Gasteiger partial charge on any atom is 0.410 e. The van der Waals surface area contributed by atoms with Crippen molar-refractivity contribution in [1.29, 1.82) is 0 Å². The molecular weight excluding hydrogens is 368 g/mol. The SMILES string of the molecule is CC(C)OCCn1c(SCOC(=O)N(C)C(C)(C)C)nc(=O)c2[nH]ccc21. The fraction of sp³-hybridized carbons (Fsp3) is 0.611. The molecule has 0 aliphatic rings. The molecule has 2 aromatic heterocycles. The third-order valence-corrected chi connectivity index (χ3v) is 4.88. The molecule has 0 unspecified atom stereocenters. The minimum atomic E-state index is -0.422. The van der Waals surface area contributed by atoms with Crippen molar-refractivity contribution in [3.63, 3.8) is 0 Å². The number of rotatable bonds is 7. The van der Waals surface area contributed by atoms with Gasteiger partial charge >= 0.3 is 6.09 Å². The van der Waals surface area contributed by atoms with Crippen LogP contribution in [0.3, 0.4) is 0 Å². The van der Waals surface area contributed by atoms with Crippen LogP contribution in [0, 0.1) is 0 Å². The van der Waals surface area contributed by atoms with E-state index in [9.17, 15) is 9.59 Å². The molecule has 0 aliphatic carbocycles. The van der Waals surface area contributed by atoms with E-state index in [1.807, 2.05) is 45.3 Å². The van der Waals surface area contributed by atoms with Gasteiger partial charge in [0.15, 0.2) is 5.16 Å². The van der Waals surface area contributed by atoms with E-state index in [4.69, 9.17) is 9.47 Å². The number of fused-ring (bicyclic) bond motifs is 1. The van der Waals surface area contributed by atoms with Crippen molar-refractivity contribution in [1.82, 2.24) is 19.4 Å². The lowest BCUT2D eigenvalue weighted by molar-refractivity contribution is 0.0718. The van der Waals surface area contributed by atoms with Gasteiger partial charge in [-0.15, -0.1) is 0 Å². The van der Waals surface area contributed by atoms with Gasteiger partial charge < -0.3 is 23.9 Å². The molecule has 9 heteroatoms. The van der Waals surface area contributed by atoms with E-state index in [1.54, 1.807) is 13.2 Å². The van der Waals surface area contributed by atoms with Crippen molar-refractivity contribution < 1.29 is 14.3 Å². The summed E-state index contributed by atoms with van der Waals surface area (Å²) < 4.78 is 12.9. The molecule has 1 amide bonds. The summed E-state index contributed by atoms with van der Waals surface area (Å²) in [7, 11) is 1.69. The fourth-order valence-corrected chi connectivity index (χ4v) is 3.03. The molecule has 0 saturated heterocycles. The molecule has 8 nitrogen and oxygen atoms in total. The quantitative estimate of drug-likeness (QED) is 0.439. The Morgan fingerprint density at radius 3 is 2.74 bits per heavy atom. The van der Waals surface area contributed by atoms with Crippen LogP contribution in [0.2, 0.25) is 0 Å². The molecule has 0 radical (unpaired) electrons. The number of hydrogen-bond acceptors (Lipinski definition) is 6. The third-order valence-electron chi connectivity index (χ3n) is 4.07. The van der Waals surface area contributed by atoms with Crippen molar-refractivity contribution in [2.45, 2.75) is 58.0 Å². The number of aromatic nitrogens is 3. The predicted molar refractivity (Wildman–Crippen MR) is 106 cm³/mol. The predicted octanol–water partition coefficient (Wildman–Crippen LogP) is 3.07. The first kappa shape index (κ1) is 21.3. The Hall–Kier alpha value is -2.00. The number of amides is 1. The molecule has 1 N–H and O–H groups in total. The van der Waals surface area contributed by atoms with Crippen molar-refractivity contribution in [2.75, 3.05) is 19.6 Å². The highest BCUT2D eigenvalue weighted by molar-refractivity contribution is 7.99. The van der Waals surface area contributed by atoms with Crippen LogP contribution < -0.4 is 5.56 Å². The summed E-state index contributed by atoms with van der Waals surface area (Å²) in [6, 6.07) is 1.83. The highest BCUT2D eigenvalue weighted by atomic mass is 32.2. The minimum Gasteiger partial charge on any atom is -0.438 e. The van der Waals surface area contributed by atoms with Crippen LogP contribution in [0.1, 0.15) is 34.6 Å². The van der Waals surface area contributed by atoms with Crippen LogP contribution in [0.25, 0.3) is 11.0 Å². The van der Waals surface area contributed by atoms with Gasteiger partial charge in [0.05, 0.1) is 18.2 Å². The van der Waals surface area contributed by atoms with Gasteiger partial charge in [-0.3, -0.25) is 4.79 Å². The zero-order valence-electron chi connectivity index (χ0n) is 16.7. The van der Waals surface area contributed by atoms with Gasteiger partial charge in [-0.25, -0.2) is 4.79 Å². The highest BCUT2D eigenvalue weighted by Crippen LogP contribution is 2.20. The van der Waals surface area contributed by atoms with Crippen LogP contribution in [-0.4, -0.2) is 56.8 Å². The summed E-state index contributed by atoms with van der Waals surface area (Å²) in [5.74, 6) is 0.0622. The van der Waals surface area contributed by atoms with Gasteiger partial charge in [0, 0.05) is 25.3 Å². The Labute approximate surface area is 163 Å². The van der Waals surface area contributed by atoms with E-state index >= 15 is 0 Å². The number of aromatic amines is 1. The van der Waals surface area contributed by atoms with E-state index in [0.717, 1.165) is 5.52 Å². The molecule has 2 heterocycles. The summed E-state index contributed by atoms with van der Waals surface area (Å²) in [5.41, 5.74) is 0.536. The van der Waals surface area contributed by atoms with Crippen LogP contribution in [0.5, 0.6) is 0 Å². The molecule has 0 aromatic carbocycles. The average Bonchev–Trinajstić information content (AvgIpc) is 3.05. The highest BCUT2D eigenvalue weighted by Gasteiger charge is 2.23. The maximum absolute atomic E-state index is 12.2. The standard InChI is InChI=1S/C18H28N4O4S/c1-12(2)25-10-9-22-13-7-8-19-14(13)15(23)20-16(22)27-11-26-17(24)21(6)18(3,4)5/h7-8,12,19H,9-11H2,1-6H3. The van der Waals surface area contributed by atoms with Gasteiger partial charge in [-0.1, -0.05) is 0 Å². The Balaban J connectivity index is 2.14. The third kappa shape index (κ3) is 5.49. The molecule has 150 valence electrons. The number of carbonyl (C=O) groups is 1. The van der Waals surface area contributed by atoms with E-state index < -0.39 is 6.09 Å². The van der Waals surface area contributed by atoms with Gasteiger partial charge in [0.1, 0.15) is 11.5 Å². The van der Waals surface area contributed by atoms with E-state index in [0.29, 0.717) is 23.8 Å². The first-order valence-electron chi connectivity index (χ1n) is 8.84. The number of hydrogen-bond donors (Lipinski definition) is 1. The lowest BCUT2D eigenvalue weighted by Gasteiger charge is -2.30.